The van der Waals surface area contributed by atoms with Crippen LogP contribution in [0.15, 0.2) is 52.5 Å². The molecule has 0 bridgehead atoms. The average Bonchev–Trinajstić information content (AvgIpc) is 2.73. The number of sulfonamides is 1. The second-order valence-corrected chi connectivity index (χ2v) is 7.86. The third-order valence-electron chi connectivity index (χ3n) is 3.92. The number of benzene rings is 2. The fourth-order valence-corrected chi connectivity index (χ4v) is 3.67. The number of carbonyl (C=O) groups is 1. The van der Waals surface area contributed by atoms with Gasteiger partial charge in [-0.25, -0.2) is 13.8 Å². The number of hydrazone groups is 1. The van der Waals surface area contributed by atoms with E-state index in [9.17, 15) is 13.2 Å². The molecule has 1 N–H and O–H groups in total. The summed E-state index contributed by atoms with van der Waals surface area (Å²) in [5, 5.41) is 3.84. The number of methoxy groups -OCH3 is 3. The molecule has 2 aromatic rings. The topological polar surface area (TPSA) is 107 Å². The molecule has 0 saturated heterocycles. The van der Waals surface area contributed by atoms with Crippen molar-refractivity contribution in [2.24, 2.45) is 5.10 Å². The summed E-state index contributed by atoms with van der Waals surface area (Å²) < 4.78 is 41.9. The maximum atomic E-state index is 12.8. The molecule has 0 aliphatic rings. The van der Waals surface area contributed by atoms with Gasteiger partial charge in [0, 0.05) is 13.1 Å². The van der Waals surface area contributed by atoms with Gasteiger partial charge in [-0.15, -0.1) is 0 Å². The lowest BCUT2D eigenvalue weighted by atomic mass is 10.2. The zero-order valence-electron chi connectivity index (χ0n) is 16.6. The van der Waals surface area contributed by atoms with E-state index >= 15 is 0 Å². The van der Waals surface area contributed by atoms with Crippen molar-refractivity contribution < 1.29 is 27.4 Å². The molecule has 0 unspecified atom stereocenters. The summed E-state index contributed by atoms with van der Waals surface area (Å²) in [5.41, 5.74) is 3.02. The zero-order valence-corrected chi connectivity index (χ0v) is 17.4. The molecule has 0 saturated carbocycles. The van der Waals surface area contributed by atoms with Crippen molar-refractivity contribution in [2.75, 3.05) is 34.9 Å². The minimum atomic E-state index is -4.00. The minimum Gasteiger partial charge on any atom is -0.497 e. The number of nitrogens with one attached hydrogen (secondary N) is 1. The Morgan fingerprint density at radius 1 is 1.07 bits per heavy atom. The molecule has 2 rings (SSSR count). The Bertz CT molecular complexity index is 991. The number of amides is 1. The van der Waals surface area contributed by atoms with Crippen molar-refractivity contribution in [3.63, 3.8) is 0 Å². The lowest BCUT2D eigenvalue weighted by Gasteiger charge is -2.18. The van der Waals surface area contributed by atoms with E-state index in [1.807, 2.05) is 0 Å². The summed E-state index contributed by atoms with van der Waals surface area (Å²) in [5.74, 6) is 0.551. The Morgan fingerprint density at radius 3 is 2.41 bits per heavy atom. The molecule has 0 radical (unpaired) electrons. The highest BCUT2D eigenvalue weighted by Gasteiger charge is 2.27. The molecule has 29 heavy (non-hydrogen) atoms. The number of likely N-dealkylation sites (N-methyl/N-ethyl adjacent to an activating group) is 1. The Labute approximate surface area is 169 Å². The molecule has 0 fully saturated rings. The first-order chi connectivity index (χ1) is 13.8. The van der Waals surface area contributed by atoms with Gasteiger partial charge in [0.2, 0.25) is 10.0 Å². The van der Waals surface area contributed by atoms with E-state index < -0.39 is 22.5 Å². The van der Waals surface area contributed by atoms with Crippen LogP contribution in [0.25, 0.3) is 0 Å². The summed E-state index contributed by atoms with van der Waals surface area (Å²) in [7, 11) is 1.63. The van der Waals surface area contributed by atoms with Gasteiger partial charge in [-0.2, -0.15) is 9.41 Å². The highest BCUT2D eigenvalue weighted by Crippen LogP contribution is 2.30. The maximum Gasteiger partial charge on any atom is 0.255 e. The summed E-state index contributed by atoms with van der Waals surface area (Å²) in [6, 6.07) is 11.5. The fraction of sp³-hybridized carbons (Fsp3) is 0.263. The summed E-state index contributed by atoms with van der Waals surface area (Å²) in [4.78, 5) is 12.0. The molecule has 0 aliphatic carbocycles. The molecule has 9 nitrogen and oxygen atoms in total. The van der Waals surface area contributed by atoms with E-state index in [2.05, 4.69) is 10.5 Å². The fourth-order valence-electron chi connectivity index (χ4n) is 2.38. The highest BCUT2D eigenvalue weighted by atomic mass is 32.2. The molecule has 1 amide bonds. The first-order valence-corrected chi connectivity index (χ1v) is 9.90. The van der Waals surface area contributed by atoms with Crippen molar-refractivity contribution in [3.8, 4) is 17.2 Å². The molecule has 2 aromatic carbocycles. The van der Waals surface area contributed by atoms with Gasteiger partial charge < -0.3 is 14.2 Å². The predicted molar refractivity (Wildman–Crippen MR) is 108 cm³/mol. The number of carbonyl (C=O) groups excluding carboxylic acids is 1. The largest absolute Gasteiger partial charge is 0.497 e. The SMILES string of the molecule is COc1cccc(C=NNC(=O)CN(C)S(=O)(=O)c2cc(OC)ccc2OC)c1. The van der Waals surface area contributed by atoms with Crippen molar-refractivity contribution in [3.05, 3.63) is 48.0 Å². The molecule has 0 heterocycles. The molecule has 0 spiro atoms. The van der Waals surface area contributed by atoms with Gasteiger partial charge >= 0.3 is 0 Å². The van der Waals surface area contributed by atoms with E-state index in [-0.39, 0.29) is 10.6 Å². The molecule has 10 heteroatoms. The van der Waals surface area contributed by atoms with Gasteiger partial charge in [0.15, 0.2) is 0 Å². The van der Waals surface area contributed by atoms with Crippen molar-refractivity contribution in [1.82, 2.24) is 9.73 Å². The van der Waals surface area contributed by atoms with Gasteiger partial charge in [0.1, 0.15) is 22.1 Å². The summed E-state index contributed by atoms with van der Waals surface area (Å²) in [6.45, 7) is -0.432. The smallest absolute Gasteiger partial charge is 0.255 e. The van der Waals surface area contributed by atoms with E-state index in [0.29, 0.717) is 17.1 Å². The lowest BCUT2D eigenvalue weighted by molar-refractivity contribution is -0.121. The number of hydrogen-bond donors (Lipinski definition) is 1. The Morgan fingerprint density at radius 2 is 1.76 bits per heavy atom. The third-order valence-corrected chi connectivity index (χ3v) is 5.75. The molecule has 156 valence electrons. The normalized spacial score (nSPS) is 11.5. The van der Waals surface area contributed by atoms with Crippen LogP contribution < -0.4 is 19.6 Å². The van der Waals surface area contributed by atoms with Gasteiger partial charge in [0.05, 0.1) is 34.1 Å². The van der Waals surface area contributed by atoms with E-state index in [0.717, 1.165) is 4.31 Å². The third kappa shape index (κ3) is 5.69. The van der Waals surface area contributed by atoms with Crippen LogP contribution in [0.4, 0.5) is 0 Å². The van der Waals surface area contributed by atoms with E-state index in [1.54, 1.807) is 37.4 Å². The van der Waals surface area contributed by atoms with E-state index in [4.69, 9.17) is 14.2 Å². The Balaban J connectivity index is 2.07. The van der Waals surface area contributed by atoms with Crippen molar-refractivity contribution in [2.45, 2.75) is 4.90 Å². The second-order valence-electron chi connectivity index (χ2n) is 5.85. The quantitative estimate of drug-likeness (QED) is 0.486. The van der Waals surface area contributed by atoms with Crippen LogP contribution in [-0.2, 0) is 14.8 Å². The van der Waals surface area contributed by atoms with Crippen LogP contribution in [-0.4, -0.2) is 59.8 Å². The molecule has 0 aromatic heterocycles. The van der Waals surface area contributed by atoms with Crippen LogP contribution in [0.3, 0.4) is 0 Å². The number of rotatable bonds is 9. The monoisotopic (exact) mass is 421 g/mol. The summed E-state index contributed by atoms with van der Waals surface area (Å²) in [6.07, 6.45) is 1.43. The van der Waals surface area contributed by atoms with Gasteiger partial charge in [-0.3, -0.25) is 4.79 Å². The Kier molecular flexibility index (Phi) is 7.57. The summed E-state index contributed by atoms with van der Waals surface area (Å²) >= 11 is 0. The predicted octanol–water partition coefficient (Wildman–Crippen LogP) is 1.48. The second kappa shape index (κ2) is 9.89. The first-order valence-electron chi connectivity index (χ1n) is 8.46. The number of nitrogens with zero attached hydrogens (tertiary/aromatic N) is 2. The molecular formula is C19H23N3O6S. The van der Waals surface area contributed by atoms with Crippen LogP contribution in [0.5, 0.6) is 17.2 Å². The van der Waals surface area contributed by atoms with Gasteiger partial charge in [-0.05, 0) is 29.8 Å². The minimum absolute atomic E-state index is 0.102. The standard InChI is InChI=1S/C19H23N3O6S/c1-22(29(24,25)18-11-16(27-3)8-9-17(18)28-4)13-19(23)21-20-12-14-6-5-7-15(10-14)26-2/h5-12H,13H2,1-4H3,(H,21,23). The van der Waals surface area contributed by atoms with Crippen LogP contribution in [0, 0.1) is 0 Å². The highest BCUT2D eigenvalue weighted by molar-refractivity contribution is 7.89. The van der Waals surface area contributed by atoms with Crippen molar-refractivity contribution >= 4 is 22.1 Å². The first kappa shape index (κ1) is 22.2. The van der Waals surface area contributed by atoms with Gasteiger partial charge in [0.25, 0.3) is 5.91 Å². The van der Waals surface area contributed by atoms with Crippen LogP contribution in [0.2, 0.25) is 0 Å². The zero-order chi connectivity index (χ0) is 21.4. The van der Waals surface area contributed by atoms with Gasteiger partial charge in [-0.1, -0.05) is 12.1 Å². The molecule has 0 atom stereocenters. The average molecular weight is 421 g/mol. The lowest BCUT2D eigenvalue weighted by Crippen LogP contribution is -2.36. The number of ether oxygens (including phenoxy) is 3. The van der Waals surface area contributed by atoms with Crippen LogP contribution in [0.1, 0.15) is 5.56 Å². The maximum absolute atomic E-state index is 12.8. The van der Waals surface area contributed by atoms with E-state index in [1.165, 1.54) is 39.6 Å². The molecule has 0 aliphatic heterocycles. The Hall–Kier alpha value is -3.11. The molecular weight excluding hydrogens is 398 g/mol. The van der Waals surface area contributed by atoms with Crippen LogP contribution >= 0.6 is 0 Å². The number of hydrogen-bond acceptors (Lipinski definition) is 7. The van der Waals surface area contributed by atoms with Crippen molar-refractivity contribution in [1.29, 1.82) is 0 Å².